The van der Waals surface area contributed by atoms with Gasteiger partial charge in [-0.15, -0.1) is 0 Å². The van der Waals surface area contributed by atoms with Crippen LogP contribution in [0.4, 0.5) is 0 Å². The predicted molar refractivity (Wildman–Crippen MR) is 73.7 cm³/mol. The number of hydrogen-bond donors (Lipinski definition) is 1. The van der Waals surface area contributed by atoms with Crippen LogP contribution in [0.2, 0.25) is 0 Å². The van der Waals surface area contributed by atoms with Crippen LogP contribution in [-0.2, 0) is 9.59 Å². The summed E-state index contributed by atoms with van der Waals surface area (Å²) in [6.45, 7) is 5.61. The molecule has 2 fully saturated rings. The van der Waals surface area contributed by atoms with E-state index in [4.69, 9.17) is 0 Å². The highest BCUT2D eigenvalue weighted by Gasteiger charge is 2.37. The average Bonchev–Trinajstić information content (AvgIpc) is 2.92. The first-order chi connectivity index (χ1) is 9.03. The maximum Gasteiger partial charge on any atom is 0.242 e. The molecule has 0 aromatic rings. The lowest BCUT2D eigenvalue weighted by molar-refractivity contribution is -0.145. The van der Waals surface area contributed by atoms with Crippen molar-refractivity contribution in [3.8, 4) is 0 Å². The number of hydrogen-bond acceptors (Lipinski definition) is 3. The average molecular weight is 267 g/mol. The quantitative estimate of drug-likeness (QED) is 0.808. The van der Waals surface area contributed by atoms with Crippen molar-refractivity contribution in [3.63, 3.8) is 0 Å². The summed E-state index contributed by atoms with van der Waals surface area (Å²) >= 11 is 0. The molecule has 0 aromatic carbocycles. The van der Waals surface area contributed by atoms with Gasteiger partial charge in [-0.05, 0) is 39.2 Å². The van der Waals surface area contributed by atoms with Gasteiger partial charge in [0.15, 0.2) is 0 Å². The van der Waals surface area contributed by atoms with Crippen LogP contribution in [0.15, 0.2) is 0 Å². The van der Waals surface area contributed by atoms with E-state index < -0.39 is 0 Å². The normalized spacial score (nSPS) is 27.4. The summed E-state index contributed by atoms with van der Waals surface area (Å²) in [7, 11) is 1.75. The summed E-state index contributed by atoms with van der Waals surface area (Å²) in [4.78, 5) is 28.0. The summed E-state index contributed by atoms with van der Waals surface area (Å²) < 4.78 is 0. The molecule has 2 rings (SSSR count). The number of piperidine rings is 1. The highest BCUT2D eigenvalue weighted by Crippen LogP contribution is 2.27. The number of carbonyl (C=O) groups excluding carboxylic acids is 2. The molecule has 2 amide bonds. The second-order valence-corrected chi connectivity index (χ2v) is 6.09. The van der Waals surface area contributed by atoms with Crippen molar-refractivity contribution in [1.82, 2.24) is 15.1 Å². The van der Waals surface area contributed by atoms with Gasteiger partial charge < -0.3 is 15.1 Å². The van der Waals surface area contributed by atoms with Crippen molar-refractivity contribution >= 4 is 11.8 Å². The fourth-order valence-electron chi connectivity index (χ4n) is 3.04. The number of likely N-dealkylation sites (tertiary alicyclic amines) is 1. The number of rotatable bonds is 3. The first-order valence-electron chi connectivity index (χ1n) is 7.27. The molecule has 0 spiro atoms. The largest absolute Gasteiger partial charge is 0.341 e. The molecule has 0 aromatic heterocycles. The van der Waals surface area contributed by atoms with E-state index in [0.717, 1.165) is 45.3 Å². The Morgan fingerprint density at radius 3 is 2.53 bits per heavy atom. The Morgan fingerprint density at radius 1 is 1.26 bits per heavy atom. The van der Waals surface area contributed by atoms with Crippen molar-refractivity contribution in [3.05, 3.63) is 0 Å². The Bertz CT molecular complexity index is 345. The molecule has 0 radical (unpaired) electrons. The van der Waals surface area contributed by atoms with Crippen LogP contribution in [0.3, 0.4) is 0 Å². The Hall–Kier alpha value is -1.10. The van der Waals surface area contributed by atoms with Gasteiger partial charge in [0, 0.05) is 26.7 Å². The fourth-order valence-corrected chi connectivity index (χ4v) is 3.04. The zero-order valence-electron chi connectivity index (χ0n) is 12.1. The standard InChI is InChI=1S/C14H25N3O2/c1-14(6-5-7-15-11-14)13(19)16(2)10-12(18)17-8-3-4-9-17/h15H,3-11H2,1-2H3. The van der Waals surface area contributed by atoms with Crippen LogP contribution < -0.4 is 5.32 Å². The molecular formula is C14H25N3O2. The van der Waals surface area contributed by atoms with Crippen molar-refractivity contribution in [2.75, 3.05) is 39.8 Å². The molecule has 1 N–H and O–H groups in total. The third kappa shape index (κ3) is 3.26. The lowest BCUT2D eigenvalue weighted by atomic mass is 9.81. The molecule has 2 aliphatic rings. The summed E-state index contributed by atoms with van der Waals surface area (Å²) in [6.07, 6.45) is 4.10. The number of nitrogens with one attached hydrogen (secondary N) is 1. The number of nitrogens with zero attached hydrogens (tertiary/aromatic N) is 2. The van der Waals surface area contributed by atoms with Gasteiger partial charge in [-0.3, -0.25) is 9.59 Å². The second-order valence-electron chi connectivity index (χ2n) is 6.09. The van der Waals surface area contributed by atoms with Gasteiger partial charge in [0.05, 0.1) is 12.0 Å². The van der Waals surface area contributed by atoms with Crippen LogP contribution in [0.5, 0.6) is 0 Å². The van der Waals surface area contributed by atoms with E-state index in [1.807, 2.05) is 11.8 Å². The van der Waals surface area contributed by atoms with Gasteiger partial charge in [0.25, 0.3) is 0 Å². The van der Waals surface area contributed by atoms with Crippen molar-refractivity contribution in [2.24, 2.45) is 5.41 Å². The zero-order valence-corrected chi connectivity index (χ0v) is 12.1. The number of amides is 2. The van der Waals surface area contributed by atoms with Crippen LogP contribution in [0.1, 0.15) is 32.6 Å². The van der Waals surface area contributed by atoms with E-state index >= 15 is 0 Å². The molecular weight excluding hydrogens is 242 g/mol. The van der Waals surface area contributed by atoms with Crippen LogP contribution in [0, 0.1) is 5.41 Å². The van der Waals surface area contributed by atoms with Gasteiger partial charge in [-0.25, -0.2) is 0 Å². The van der Waals surface area contributed by atoms with E-state index in [1.165, 1.54) is 0 Å². The summed E-state index contributed by atoms with van der Waals surface area (Å²) in [5, 5.41) is 3.28. The second kappa shape index (κ2) is 5.90. The molecule has 19 heavy (non-hydrogen) atoms. The molecule has 0 saturated carbocycles. The fraction of sp³-hybridized carbons (Fsp3) is 0.857. The minimum absolute atomic E-state index is 0.0840. The summed E-state index contributed by atoms with van der Waals surface area (Å²) in [5.41, 5.74) is -0.349. The van der Waals surface area contributed by atoms with E-state index in [0.29, 0.717) is 6.54 Å². The Kier molecular flexibility index (Phi) is 4.45. The van der Waals surface area contributed by atoms with Crippen molar-refractivity contribution in [2.45, 2.75) is 32.6 Å². The van der Waals surface area contributed by atoms with Crippen molar-refractivity contribution < 1.29 is 9.59 Å². The molecule has 1 atom stereocenters. The van der Waals surface area contributed by atoms with Gasteiger partial charge in [0.1, 0.15) is 0 Å². The number of carbonyl (C=O) groups is 2. The van der Waals surface area contributed by atoms with E-state index in [9.17, 15) is 9.59 Å². The SMILES string of the molecule is CN(CC(=O)N1CCCC1)C(=O)C1(C)CCCNC1. The highest BCUT2D eigenvalue weighted by atomic mass is 16.2. The zero-order chi connectivity index (χ0) is 13.9. The summed E-state index contributed by atoms with van der Waals surface area (Å²) in [6, 6.07) is 0. The molecule has 1 unspecified atom stereocenters. The maximum absolute atomic E-state index is 12.5. The topological polar surface area (TPSA) is 52.7 Å². The van der Waals surface area contributed by atoms with E-state index in [2.05, 4.69) is 5.32 Å². The Morgan fingerprint density at radius 2 is 1.95 bits per heavy atom. The first-order valence-corrected chi connectivity index (χ1v) is 7.27. The lowest BCUT2D eigenvalue weighted by Crippen LogP contribution is -2.51. The molecule has 2 saturated heterocycles. The van der Waals surface area contributed by atoms with Crippen LogP contribution in [0.25, 0.3) is 0 Å². The first kappa shape index (κ1) is 14.3. The van der Waals surface area contributed by atoms with Crippen molar-refractivity contribution in [1.29, 1.82) is 0 Å². The Balaban J connectivity index is 1.89. The molecule has 5 heteroatoms. The molecule has 0 aliphatic carbocycles. The number of likely N-dealkylation sites (N-methyl/N-ethyl adjacent to an activating group) is 1. The molecule has 2 aliphatic heterocycles. The molecule has 2 heterocycles. The smallest absolute Gasteiger partial charge is 0.242 e. The third-order valence-electron chi connectivity index (χ3n) is 4.29. The van der Waals surface area contributed by atoms with Crippen LogP contribution in [-0.4, -0.2) is 61.4 Å². The molecule has 0 bridgehead atoms. The minimum Gasteiger partial charge on any atom is -0.341 e. The van der Waals surface area contributed by atoms with Crippen LogP contribution >= 0.6 is 0 Å². The van der Waals surface area contributed by atoms with E-state index in [-0.39, 0.29) is 23.8 Å². The Labute approximate surface area is 115 Å². The maximum atomic E-state index is 12.5. The summed E-state index contributed by atoms with van der Waals surface area (Å²) in [5.74, 6) is 0.174. The highest BCUT2D eigenvalue weighted by molar-refractivity contribution is 5.88. The van der Waals surface area contributed by atoms with Gasteiger partial charge >= 0.3 is 0 Å². The minimum atomic E-state index is -0.349. The van der Waals surface area contributed by atoms with Gasteiger partial charge in [-0.2, -0.15) is 0 Å². The predicted octanol–water partition coefficient (Wildman–Crippen LogP) is 0.457. The van der Waals surface area contributed by atoms with E-state index in [1.54, 1.807) is 11.9 Å². The van der Waals surface area contributed by atoms with Gasteiger partial charge in [-0.1, -0.05) is 0 Å². The third-order valence-corrected chi connectivity index (χ3v) is 4.29. The van der Waals surface area contributed by atoms with Gasteiger partial charge in [0.2, 0.25) is 11.8 Å². The molecule has 108 valence electrons. The monoisotopic (exact) mass is 267 g/mol. The molecule has 5 nitrogen and oxygen atoms in total. The lowest BCUT2D eigenvalue weighted by Gasteiger charge is -2.36.